The lowest BCUT2D eigenvalue weighted by Crippen LogP contribution is -2.27. The lowest BCUT2D eigenvalue weighted by atomic mass is 10.2. The predicted octanol–water partition coefficient (Wildman–Crippen LogP) is 0.289. The van der Waals surface area contributed by atoms with Crippen LogP contribution in [0, 0.1) is 5.92 Å². The minimum atomic E-state index is 0.0602. The van der Waals surface area contributed by atoms with Crippen molar-refractivity contribution in [1.29, 1.82) is 0 Å². The normalized spacial score (nSPS) is 14.8. The Morgan fingerprint density at radius 2 is 2.30 bits per heavy atom. The van der Waals surface area contributed by atoms with Crippen LogP contribution in [-0.4, -0.2) is 51.0 Å². The number of carbonyl (C=O) groups is 1. The van der Waals surface area contributed by atoms with Crippen molar-refractivity contribution in [3.63, 3.8) is 0 Å². The zero-order valence-corrected chi connectivity index (χ0v) is 12.8. The van der Waals surface area contributed by atoms with Gasteiger partial charge in [-0.25, -0.2) is 4.68 Å². The molecule has 1 aromatic heterocycles. The van der Waals surface area contributed by atoms with E-state index in [4.69, 9.17) is 0 Å². The van der Waals surface area contributed by atoms with Gasteiger partial charge in [0.05, 0.1) is 12.3 Å². The Morgan fingerprint density at radius 1 is 1.50 bits per heavy atom. The molecule has 0 atom stereocenters. The molecule has 1 heterocycles. The van der Waals surface area contributed by atoms with Crippen molar-refractivity contribution in [2.45, 2.75) is 44.4 Å². The molecule has 0 unspecified atom stereocenters. The number of amides is 1. The summed E-state index contributed by atoms with van der Waals surface area (Å²) in [6.07, 6.45) is 2.21. The number of tetrazole rings is 1. The Balaban J connectivity index is 1.68. The maximum Gasteiger partial charge on any atom is 0.230 e. The molecule has 1 aliphatic rings. The van der Waals surface area contributed by atoms with E-state index in [1.807, 2.05) is 0 Å². The summed E-state index contributed by atoms with van der Waals surface area (Å²) in [5, 5.41) is 18.6. The SMILES string of the molecule is CC(C)CNCCn1nnnc1SCC(=O)NC1CC1. The van der Waals surface area contributed by atoms with Crippen molar-refractivity contribution in [3.8, 4) is 0 Å². The van der Waals surface area contributed by atoms with Crippen LogP contribution in [0.5, 0.6) is 0 Å². The average Bonchev–Trinajstić information content (AvgIpc) is 3.09. The zero-order chi connectivity index (χ0) is 14.4. The van der Waals surface area contributed by atoms with Gasteiger partial charge in [-0.3, -0.25) is 4.79 Å². The molecule has 1 amide bonds. The maximum atomic E-state index is 11.6. The molecule has 7 nitrogen and oxygen atoms in total. The lowest BCUT2D eigenvalue weighted by molar-refractivity contribution is -0.118. The van der Waals surface area contributed by atoms with E-state index >= 15 is 0 Å². The fraction of sp³-hybridized carbons (Fsp3) is 0.833. The van der Waals surface area contributed by atoms with Crippen LogP contribution < -0.4 is 10.6 Å². The number of aromatic nitrogens is 4. The summed E-state index contributed by atoms with van der Waals surface area (Å²) in [4.78, 5) is 11.6. The van der Waals surface area contributed by atoms with E-state index in [0.717, 1.165) is 25.9 Å². The van der Waals surface area contributed by atoms with Crippen molar-refractivity contribution in [2.75, 3.05) is 18.8 Å². The molecule has 20 heavy (non-hydrogen) atoms. The van der Waals surface area contributed by atoms with Crippen molar-refractivity contribution in [3.05, 3.63) is 0 Å². The van der Waals surface area contributed by atoms with Gasteiger partial charge in [0.2, 0.25) is 11.1 Å². The van der Waals surface area contributed by atoms with Gasteiger partial charge in [-0.15, -0.1) is 5.10 Å². The lowest BCUT2D eigenvalue weighted by Gasteiger charge is -2.08. The molecule has 0 aliphatic heterocycles. The first-order valence-electron chi connectivity index (χ1n) is 7.04. The van der Waals surface area contributed by atoms with Crippen LogP contribution in [-0.2, 0) is 11.3 Å². The van der Waals surface area contributed by atoms with Crippen LogP contribution in [0.1, 0.15) is 26.7 Å². The number of nitrogens with zero attached hydrogens (tertiary/aromatic N) is 4. The summed E-state index contributed by atoms with van der Waals surface area (Å²) < 4.78 is 1.74. The fourth-order valence-corrected chi connectivity index (χ4v) is 2.36. The second-order valence-electron chi connectivity index (χ2n) is 5.41. The molecule has 0 spiro atoms. The predicted molar refractivity (Wildman–Crippen MR) is 77.4 cm³/mol. The van der Waals surface area contributed by atoms with Gasteiger partial charge < -0.3 is 10.6 Å². The topological polar surface area (TPSA) is 84.7 Å². The highest BCUT2D eigenvalue weighted by Gasteiger charge is 2.23. The van der Waals surface area contributed by atoms with Gasteiger partial charge >= 0.3 is 0 Å². The van der Waals surface area contributed by atoms with Crippen LogP contribution in [0.3, 0.4) is 0 Å². The molecular weight excluding hydrogens is 276 g/mol. The van der Waals surface area contributed by atoms with E-state index in [9.17, 15) is 4.79 Å². The molecule has 1 fully saturated rings. The summed E-state index contributed by atoms with van der Waals surface area (Å²) in [6.45, 7) is 6.86. The second-order valence-corrected chi connectivity index (χ2v) is 6.36. The summed E-state index contributed by atoms with van der Waals surface area (Å²) in [7, 11) is 0. The number of rotatable bonds is 9. The van der Waals surface area contributed by atoms with Crippen molar-refractivity contribution in [1.82, 2.24) is 30.8 Å². The summed E-state index contributed by atoms with van der Waals surface area (Å²) in [5.74, 6) is 1.06. The molecule has 2 rings (SSSR count). The summed E-state index contributed by atoms with van der Waals surface area (Å²) >= 11 is 1.38. The number of carbonyl (C=O) groups excluding carboxylic acids is 1. The molecule has 0 radical (unpaired) electrons. The first-order chi connectivity index (χ1) is 9.65. The third kappa shape index (κ3) is 5.46. The standard InChI is InChI=1S/C12H22N6OS/c1-9(2)7-13-5-6-18-12(15-16-17-18)20-8-11(19)14-10-3-4-10/h9-10,13H,3-8H2,1-2H3,(H,14,19). The Hall–Kier alpha value is -1.15. The highest BCUT2D eigenvalue weighted by molar-refractivity contribution is 7.99. The summed E-state index contributed by atoms with van der Waals surface area (Å²) in [5.41, 5.74) is 0. The largest absolute Gasteiger partial charge is 0.353 e. The Kier molecular flexibility index (Phi) is 5.78. The quantitative estimate of drug-likeness (QED) is 0.503. The van der Waals surface area contributed by atoms with Crippen molar-refractivity contribution < 1.29 is 4.79 Å². The van der Waals surface area contributed by atoms with Crippen LogP contribution >= 0.6 is 11.8 Å². The number of hydrogen-bond donors (Lipinski definition) is 2. The van der Waals surface area contributed by atoms with Crippen LogP contribution in [0.15, 0.2) is 5.16 Å². The molecule has 0 saturated heterocycles. The van der Waals surface area contributed by atoms with E-state index in [0.29, 0.717) is 29.4 Å². The minimum Gasteiger partial charge on any atom is -0.353 e. The molecule has 1 saturated carbocycles. The van der Waals surface area contributed by atoms with Gasteiger partial charge in [-0.2, -0.15) is 0 Å². The highest BCUT2D eigenvalue weighted by Crippen LogP contribution is 2.19. The molecule has 1 aliphatic carbocycles. The third-order valence-electron chi connectivity index (χ3n) is 2.83. The monoisotopic (exact) mass is 298 g/mol. The van der Waals surface area contributed by atoms with Crippen LogP contribution in [0.25, 0.3) is 0 Å². The molecule has 8 heteroatoms. The Labute approximate surface area is 123 Å². The maximum absolute atomic E-state index is 11.6. The van der Waals surface area contributed by atoms with E-state index in [-0.39, 0.29) is 5.91 Å². The van der Waals surface area contributed by atoms with E-state index in [2.05, 4.69) is 40.0 Å². The van der Waals surface area contributed by atoms with Gasteiger partial charge in [-0.1, -0.05) is 25.6 Å². The Morgan fingerprint density at radius 3 is 3.00 bits per heavy atom. The molecular formula is C12H22N6OS. The molecule has 112 valence electrons. The number of thioether (sulfide) groups is 1. The molecule has 1 aromatic rings. The first kappa shape index (κ1) is 15.2. The third-order valence-corrected chi connectivity index (χ3v) is 3.78. The molecule has 2 N–H and O–H groups in total. The van der Waals surface area contributed by atoms with E-state index < -0.39 is 0 Å². The Bertz CT molecular complexity index is 431. The summed E-state index contributed by atoms with van der Waals surface area (Å²) in [6, 6.07) is 0.402. The first-order valence-corrected chi connectivity index (χ1v) is 8.02. The number of nitrogens with one attached hydrogen (secondary N) is 2. The fourth-order valence-electron chi connectivity index (χ4n) is 1.64. The van der Waals surface area contributed by atoms with Crippen molar-refractivity contribution in [2.24, 2.45) is 5.92 Å². The van der Waals surface area contributed by atoms with Gasteiger partial charge in [0, 0.05) is 12.6 Å². The highest BCUT2D eigenvalue weighted by atomic mass is 32.2. The van der Waals surface area contributed by atoms with Crippen LogP contribution in [0.4, 0.5) is 0 Å². The van der Waals surface area contributed by atoms with Gasteiger partial charge in [0.15, 0.2) is 0 Å². The van der Waals surface area contributed by atoms with Crippen molar-refractivity contribution >= 4 is 17.7 Å². The van der Waals surface area contributed by atoms with E-state index in [1.165, 1.54) is 11.8 Å². The van der Waals surface area contributed by atoms with E-state index in [1.54, 1.807) is 4.68 Å². The molecule has 0 aromatic carbocycles. The van der Waals surface area contributed by atoms with Crippen LogP contribution in [0.2, 0.25) is 0 Å². The average molecular weight is 298 g/mol. The van der Waals surface area contributed by atoms with Gasteiger partial charge in [-0.05, 0) is 35.7 Å². The minimum absolute atomic E-state index is 0.0602. The number of hydrogen-bond acceptors (Lipinski definition) is 6. The zero-order valence-electron chi connectivity index (χ0n) is 12.0. The van der Waals surface area contributed by atoms with Gasteiger partial charge in [0.1, 0.15) is 0 Å². The molecule has 0 bridgehead atoms. The van der Waals surface area contributed by atoms with Gasteiger partial charge in [0.25, 0.3) is 0 Å². The smallest absolute Gasteiger partial charge is 0.230 e. The second kappa shape index (κ2) is 7.58.